The lowest BCUT2D eigenvalue weighted by Gasteiger charge is -2.00. The summed E-state index contributed by atoms with van der Waals surface area (Å²) in [6, 6.07) is 18.0. The molecule has 0 saturated heterocycles. The Hall–Kier alpha value is -1.94. The lowest BCUT2D eigenvalue weighted by atomic mass is 10.2. The van der Waals surface area contributed by atoms with Crippen molar-refractivity contribution < 1.29 is 0 Å². The summed E-state index contributed by atoms with van der Waals surface area (Å²) < 4.78 is 2.64. The van der Waals surface area contributed by atoms with Gasteiger partial charge in [-0.15, -0.1) is 5.10 Å². The number of rotatable bonds is 2. The monoisotopic (exact) mass is 299 g/mol. The number of hydrogen-bond acceptors (Lipinski definition) is 2. The number of nitrogens with zero attached hydrogens (tertiary/aromatic N) is 3. The molecule has 0 saturated carbocycles. The topological polar surface area (TPSA) is 30.7 Å². The highest BCUT2D eigenvalue weighted by Gasteiger charge is 2.05. The van der Waals surface area contributed by atoms with Gasteiger partial charge in [0, 0.05) is 0 Å². The van der Waals surface area contributed by atoms with Gasteiger partial charge in [-0.1, -0.05) is 47.7 Å². The molecule has 0 spiro atoms. The molecule has 0 N–H and O–H groups in total. The average Bonchev–Trinajstić information content (AvgIpc) is 2.84. The van der Waals surface area contributed by atoms with Crippen LogP contribution in [0.2, 0.25) is 0 Å². The van der Waals surface area contributed by atoms with Gasteiger partial charge in [0.1, 0.15) is 10.1 Å². The Balaban J connectivity index is 2.07. The van der Waals surface area contributed by atoms with Gasteiger partial charge in [-0.3, -0.25) is 0 Å². The van der Waals surface area contributed by atoms with Crippen LogP contribution in [0.3, 0.4) is 0 Å². The van der Waals surface area contributed by atoms with Crippen molar-refractivity contribution in [3.8, 4) is 0 Å². The zero-order chi connectivity index (χ0) is 12.4. The number of halogens is 1. The third kappa shape index (κ3) is 2.07. The maximum Gasteiger partial charge on any atom is 0.113 e. The average molecular weight is 300 g/mol. The Morgan fingerprint density at radius 3 is 2.56 bits per heavy atom. The second-order valence-electron chi connectivity index (χ2n) is 3.87. The minimum atomic E-state index is 0.863. The van der Waals surface area contributed by atoms with E-state index in [4.69, 9.17) is 0 Å². The summed E-state index contributed by atoms with van der Waals surface area (Å²) in [7, 11) is 0. The van der Waals surface area contributed by atoms with Crippen molar-refractivity contribution >= 4 is 37.6 Å². The van der Waals surface area contributed by atoms with Crippen molar-refractivity contribution in [1.82, 2.24) is 15.0 Å². The molecule has 3 nitrogen and oxygen atoms in total. The molecular weight excluding hydrogens is 290 g/mol. The minimum absolute atomic E-state index is 0.863. The van der Waals surface area contributed by atoms with Gasteiger partial charge in [0.2, 0.25) is 0 Å². The van der Waals surface area contributed by atoms with Gasteiger partial charge >= 0.3 is 0 Å². The lowest BCUT2D eigenvalue weighted by molar-refractivity contribution is 0.858. The molecular formula is C14H10BrN3. The Morgan fingerprint density at radius 2 is 1.72 bits per heavy atom. The van der Waals surface area contributed by atoms with E-state index in [0.29, 0.717) is 0 Å². The molecule has 0 amide bonds. The quantitative estimate of drug-likeness (QED) is 0.721. The predicted molar refractivity (Wildman–Crippen MR) is 77.1 cm³/mol. The zero-order valence-electron chi connectivity index (χ0n) is 9.49. The van der Waals surface area contributed by atoms with Gasteiger partial charge < -0.3 is 0 Å². The van der Waals surface area contributed by atoms with Crippen molar-refractivity contribution in [3.63, 3.8) is 0 Å². The smallest absolute Gasteiger partial charge is 0.113 e. The summed E-state index contributed by atoms with van der Waals surface area (Å²) in [5.74, 6) is 0. The Bertz CT molecular complexity index is 701. The minimum Gasteiger partial charge on any atom is -0.206 e. The number of fused-ring (bicyclic) bond motifs is 1. The highest BCUT2D eigenvalue weighted by atomic mass is 79.9. The predicted octanol–water partition coefficient (Wildman–Crippen LogP) is 3.78. The zero-order valence-corrected chi connectivity index (χ0v) is 11.1. The molecule has 3 aromatic rings. The summed E-state index contributed by atoms with van der Waals surface area (Å²) in [6.07, 6.45) is 2.02. The second kappa shape index (κ2) is 4.74. The first-order chi connectivity index (χ1) is 8.84. The van der Waals surface area contributed by atoms with Crippen LogP contribution >= 0.6 is 15.9 Å². The molecule has 0 aliphatic rings. The summed E-state index contributed by atoms with van der Waals surface area (Å²) >= 11 is 3.54. The Labute approximate surface area is 113 Å². The maximum atomic E-state index is 4.14. The molecule has 0 aliphatic carbocycles. The lowest BCUT2D eigenvalue weighted by Crippen LogP contribution is -1.93. The van der Waals surface area contributed by atoms with Crippen molar-refractivity contribution in [2.75, 3.05) is 0 Å². The summed E-state index contributed by atoms with van der Waals surface area (Å²) in [4.78, 5) is 0. The Kier molecular flexibility index (Phi) is 2.94. The van der Waals surface area contributed by atoms with Crippen LogP contribution in [0.15, 0.2) is 54.6 Å². The molecule has 3 rings (SSSR count). The molecule has 0 atom stereocenters. The van der Waals surface area contributed by atoms with E-state index in [1.807, 2.05) is 60.7 Å². The molecule has 0 bridgehead atoms. The van der Waals surface area contributed by atoms with E-state index >= 15 is 0 Å². The van der Waals surface area contributed by atoms with Gasteiger partial charge in [0.15, 0.2) is 0 Å². The number of para-hydroxylation sites is 1. The molecule has 18 heavy (non-hydrogen) atoms. The van der Waals surface area contributed by atoms with Crippen LogP contribution in [0, 0.1) is 0 Å². The van der Waals surface area contributed by atoms with E-state index in [1.165, 1.54) is 0 Å². The fraction of sp³-hybridized carbons (Fsp3) is 0. The fourth-order valence-electron chi connectivity index (χ4n) is 1.77. The van der Waals surface area contributed by atoms with Crippen LogP contribution in [0.1, 0.15) is 5.56 Å². The summed E-state index contributed by atoms with van der Waals surface area (Å²) in [5.41, 5.74) is 2.98. The van der Waals surface area contributed by atoms with E-state index in [9.17, 15) is 0 Å². The van der Waals surface area contributed by atoms with E-state index in [2.05, 4.69) is 26.2 Å². The molecule has 4 heteroatoms. The second-order valence-corrected chi connectivity index (χ2v) is 4.68. The third-order valence-corrected chi connectivity index (χ3v) is 3.20. The molecule has 2 aromatic carbocycles. The van der Waals surface area contributed by atoms with Crippen LogP contribution in [-0.2, 0) is 0 Å². The van der Waals surface area contributed by atoms with Crippen LogP contribution in [0.25, 0.3) is 21.7 Å². The van der Waals surface area contributed by atoms with Gasteiger partial charge in [-0.25, -0.2) is 4.68 Å². The van der Waals surface area contributed by atoms with Crippen LogP contribution in [0.5, 0.6) is 0 Å². The first-order valence-electron chi connectivity index (χ1n) is 5.58. The van der Waals surface area contributed by atoms with Gasteiger partial charge in [-0.05, 0) is 39.7 Å². The van der Waals surface area contributed by atoms with Gasteiger partial charge in [0.25, 0.3) is 0 Å². The first-order valence-corrected chi connectivity index (χ1v) is 6.37. The van der Waals surface area contributed by atoms with Crippen LogP contribution in [0.4, 0.5) is 0 Å². The SMILES string of the molecule is Br/C(=C\c1ccccc1)n1nnc2ccccc21. The third-order valence-electron chi connectivity index (χ3n) is 2.64. The standard InChI is InChI=1S/C14H10BrN3/c15-14(10-11-6-2-1-3-7-11)18-13-9-5-4-8-12(13)16-17-18/h1-10H/b14-10+. The fourth-order valence-corrected chi connectivity index (χ4v) is 2.30. The van der Waals surface area contributed by atoms with Crippen molar-refractivity contribution in [1.29, 1.82) is 0 Å². The van der Waals surface area contributed by atoms with Crippen molar-refractivity contribution in [2.45, 2.75) is 0 Å². The normalized spacial score (nSPS) is 11.9. The van der Waals surface area contributed by atoms with Crippen LogP contribution in [-0.4, -0.2) is 15.0 Å². The van der Waals surface area contributed by atoms with E-state index in [1.54, 1.807) is 4.68 Å². The highest BCUT2D eigenvalue weighted by Crippen LogP contribution is 2.21. The van der Waals surface area contributed by atoms with E-state index < -0.39 is 0 Å². The van der Waals surface area contributed by atoms with Crippen molar-refractivity contribution in [3.05, 3.63) is 60.2 Å². The van der Waals surface area contributed by atoms with E-state index in [-0.39, 0.29) is 0 Å². The number of hydrogen-bond donors (Lipinski definition) is 0. The Morgan fingerprint density at radius 1 is 1.00 bits per heavy atom. The number of benzene rings is 2. The van der Waals surface area contributed by atoms with Gasteiger partial charge in [0.05, 0.1) is 5.52 Å². The molecule has 0 radical (unpaired) electrons. The molecule has 88 valence electrons. The largest absolute Gasteiger partial charge is 0.206 e. The molecule has 1 heterocycles. The van der Waals surface area contributed by atoms with Gasteiger partial charge in [-0.2, -0.15) is 0 Å². The van der Waals surface area contributed by atoms with Crippen molar-refractivity contribution in [2.24, 2.45) is 0 Å². The van der Waals surface area contributed by atoms with Crippen LogP contribution < -0.4 is 0 Å². The summed E-state index contributed by atoms with van der Waals surface area (Å²) in [5, 5.41) is 8.27. The summed E-state index contributed by atoms with van der Waals surface area (Å²) in [6.45, 7) is 0. The first kappa shape index (κ1) is 11.2. The molecule has 0 aliphatic heterocycles. The molecule has 0 unspecified atom stereocenters. The molecule has 1 aromatic heterocycles. The maximum absolute atomic E-state index is 4.14. The number of aromatic nitrogens is 3. The highest BCUT2D eigenvalue weighted by molar-refractivity contribution is 9.15. The molecule has 0 fully saturated rings. The van der Waals surface area contributed by atoms with E-state index in [0.717, 1.165) is 21.2 Å².